The molecule has 4 nitrogen and oxygen atoms in total. The minimum absolute atomic E-state index is 0.545. The predicted octanol–water partition coefficient (Wildman–Crippen LogP) is 3.14. The van der Waals surface area contributed by atoms with E-state index in [9.17, 15) is 0 Å². The van der Waals surface area contributed by atoms with Gasteiger partial charge in [-0.1, -0.05) is 37.3 Å². The number of fused-ring (bicyclic) bond motifs is 1. The van der Waals surface area contributed by atoms with Crippen molar-refractivity contribution < 1.29 is 0 Å². The second kappa shape index (κ2) is 4.98. The SMILES string of the molecule is CCPn1cc(-c2ccccc2)c2c(N)ncnc21. The standard InChI is InChI=1S/C14H15N4P/c1-2-19-18-8-11(10-6-4-3-5-7-10)12-13(15)16-9-17-14(12)18/h3-9,19H,2H2,1H3,(H2,15,16,17). The average Bonchev–Trinajstić information content (AvgIpc) is 2.81. The van der Waals surface area contributed by atoms with Gasteiger partial charge >= 0.3 is 0 Å². The van der Waals surface area contributed by atoms with Crippen LogP contribution < -0.4 is 5.73 Å². The minimum atomic E-state index is 0.545. The molecule has 1 unspecified atom stereocenters. The lowest BCUT2D eigenvalue weighted by atomic mass is 10.1. The van der Waals surface area contributed by atoms with Crippen molar-refractivity contribution in [3.05, 3.63) is 42.9 Å². The summed E-state index contributed by atoms with van der Waals surface area (Å²) in [5, 5.41) is 0.953. The molecule has 2 N–H and O–H groups in total. The van der Waals surface area contributed by atoms with Crippen molar-refractivity contribution in [2.24, 2.45) is 0 Å². The van der Waals surface area contributed by atoms with Crippen LogP contribution in [0, 0.1) is 0 Å². The van der Waals surface area contributed by atoms with Gasteiger partial charge in [0.25, 0.3) is 0 Å². The summed E-state index contributed by atoms with van der Waals surface area (Å²) in [6.45, 7) is 2.16. The number of aromatic nitrogens is 3. The Hall–Kier alpha value is -1.93. The largest absolute Gasteiger partial charge is 0.383 e. The molecule has 3 rings (SSSR count). The van der Waals surface area contributed by atoms with Crippen LogP contribution in [0.25, 0.3) is 22.2 Å². The van der Waals surface area contributed by atoms with Crippen LogP contribution in [0.2, 0.25) is 0 Å². The highest BCUT2D eigenvalue weighted by Gasteiger charge is 2.14. The second-order valence-electron chi connectivity index (χ2n) is 4.25. The predicted molar refractivity (Wildman–Crippen MR) is 81.6 cm³/mol. The molecular formula is C14H15N4P. The molecule has 0 radical (unpaired) electrons. The van der Waals surface area contributed by atoms with E-state index in [1.54, 1.807) is 0 Å². The third-order valence-electron chi connectivity index (χ3n) is 3.03. The van der Waals surface area contributed by atoms with E-state index < -0.39 is 0 Å². The van der Waals surface area contributed by atoms with E-state index in [-0.39, 0.29) is 0 Å². The third kappa shape index (κ3) is 2.08. The fraction of sp³-hybridized carbons (Fsp3) is 0.143. The molecule has 0 aliphatic rings. The van der Waals surface area contributed by atoms with Crippen LogP contribution in [0.3, 0.4) is 0 Å². The fourth-order valence-corrected chi connectivity index (χ4v) is 3.09. The number of nitrogen functional groups attached to an aromatic ring is 1. The van der Waals surface area contributed by atoms with Gasteiger partial charge in [0.1, 0.15) is 17.8 Å². The van der Waals surface area contributed by atoms with Crippen LogP contribution in [-0.4, -0.2) is 20.5 Å². The smallest absolute Gasteiger partial charge is 0.149 e. The Balaban J connectivity index is 2.30. The van der Waals surface area contributed by atoms with E-state index in [2.05, 4.69) is 39.6 Å². The summed E-state index contributed by atoms with van der Waals surface area (Å²) in [5.74, 6) is 0.545. The number of rotatable bonds is 3. The molecule has 19 heavy (non-hydrogen) atoms. The van der Waals surface area contributed by atoms with E-state index >= 15 is 0 Å². The van der Waals surface area contributed by atoms with Gasteiger partial charge in [-0.15, -0.1) is 0 Å². The first kappa shape index (κ1) is 12.1. The Kier molecular flexibility index (Phi) is 3.18. The summed E-state index contributed by atoms with van der Waals surface area (Å²) < 4.78 is 2.18. The van der Waals surface area contributed by atoms with Gasteiger partial charge in [0.2, 0.25) is 0 Å². The summed E-state index contributed by atoms with van der Waals surface area (Å²) in [6, 6.07) is 10.2. The van der Waals surface area contributed by atoms with Gasteiger partial charge in [-0.2, -0.15) is 0 Å². The molecule has 0 amide bonds. The van der Waals surface area contributed by atoms with Crippen molar-refractivity contribution in [2.75, 3.05) is 11.9 Å². The van der Waals surface area contributed by atoms with Gasteiger partial charge in [-0.05, 0) is 20.5 Å². The number of anilines is 1. The topological polar surface area (TPSA) is 56.7 Å². The molecule has 0 saturated heterocycles. The first-order valence-corrected chi connectivity index (χ1v) is 7.37. The van der Waals surface area contributed by atoms with Gasteiger partial charge in [-0.25, -0.2) is 9.97 Å². The summed E-state index contributed by atoms with van der Waals surface area (Å²) in [6.07, 6.45) is 4.75. The highest BCUT2D eigenvalue weighted by molar-refractivity contribution is 7.36. The molecule has 1 atom stereocenters. The Morgan fingerprint density at radius 3 is 2.74 bits per heavy atom. The lowest BCUT2D eigenvalue weighted by molar-refractivity contribution is 1.17. The van der Waals surface area contributed by atoms with Gasteiger partial charge in [-0.3, -0.25) is 0 Å². The van der Waals surface area contributed by atoms with Crippen LogP contribution >= 0.6 is 8.73 Å². The number of benzene rings is 1. The summed E-state index contributed by atoms with van der Waals surface area (Å²) in [7, 11) is 0.674. The zero-order chi connectivity index (χ0) is 13.2. The number of hydrogen-bond acceptors (Lipinski definition) is 3. The Morgan fingerprint density at radius 1 is 1.21 bits per heavy atom. The molecule has 3 aromatic rings. The first-order valence-electron chi connectivity index (χ1n) is 6.22. The highest BCUT2D eigenvalue weighted by atomic mass is 31.1. The zero-order valence-electron chi connectivity index (χ0n) is 10.7. The Morgan fingerprint density at radius 2 is 2.00 bits per heavy atom. The molecule has 0 saturated carbocycles. The molecule has 0 aliphatic heterocycles. The molecule has 96 valence electrons. The van der Waals surface area contributed by atoms with E-state index in [4.69, 9.17) is 5.73 Å². The van der Waals surface area contributed by atoms with Crippen molar-refractivity contribution in [2.45, 2.75) is 6.92 Å². The van der Waals surface area contributed by atoms with Crippen molar-refractivity contribution in [1.82, 2.24) is 14.3 Å². The second-order valence-corrected chi connectivity index (χ2v) is 5.75. The van der Waals surface area contributed by atoms with Crippen molar-refractivity contribution in [3.8, 4) is 11.1 Å². The van der Waals surface area contributed by atoms with Crippen LogP contribution in [0.4, 0.5) is 5.82 Å². The summed E-state index contributed by atoms with van der Waals surface area (Å²) >= 11 is 0. The molecule has 0 aliphatic carbocycles. The lowest BCUT2D eigenvalue weighted by Crippen LogP contribution is -1.93. The molecule has 0 fully saturated rings. The maximum absolute atomic E-state index is 6.04. The van der Waals surface area contributed by atoms with Gasteiger partial charge in [0.05, 0.1) is 5.39 Å². The van der Waals surface area contributed by atoms with Crippen molar-refractivity contribution in [1.29, 1.82) is 0 Å². The molecular weight excluding hydrogens is 255 g/mol. The number of hydrogen-bond donors (Lipinski definition) is 1. The zero-order valence-corrected chi connectivity index (χ0v) is 11.7. The first-order chi connectivity index (χ1) is 9.31. The van der Waals surface area contributed by atoms with Crippen LogP contribution in [0.5, 0.6) is 0 Å². The quantitative estimate of drug-likeness (QED) is 0.744. The van der Waals surface area contributed by atoms with Crippen LogP contribution in [0.15, 0.2) is 42.9 Å². The molecule has 1 aromatic carbocycles. The molecule has 0 spiro atoms. The van der Waals surface area contributed by atoms with Gasteiger partial charge in [0.15, 0.2) is 0 Å². The fourth-order valence-electron chi connectivity index (χ4n) is 2.21. The molecule has 0 bridgehead atoms. The van der Waals surface area contributed by atoms with Crippen LogP contribution in [0.1, 0.15) is 6.92 Å². The summed E-state index contributed by atoms with van der Waals surface area (Å²) in [4.78, 5) is 8.51. The average molecular weight is 270 g/mol. The number of nitrogens with two attached hydrogens (primary N) is 1. The van der Waals surface area contributed by atoms with Crippen LogP contribution in [-0.2, 0) is 0 Å². The lowest BCUT2D eigenvalue weighted by Gasteiger charge is -2.01. The third-order valence-corrected chi connectivity index (χ3v) is 4.02. The molecule has 5 heteroatoms. The number of nitrogens with zero attached hydrogens (tertiary/aromatic N) is 3. The molecule has 2 heterocycles. The maximum atomic E-state index is 6.04. The van der Waals surface area contributed by atoms with E-state index in [1.807, 2.05) is 18.2 Å². The Labute approximate surface area is 113 Å². The molecule has 2 aromatic heterocycles. The van der Waals surface area contributed by atoms with E-state index in [0.29, 0.717) is 14.5 Å². The monoisotopic (exact) mass is 270 g/mol. The van der Waals surface area contributed by atoms with Crippen molar-refractivity contribution in [3.63, 3.8) is 0 Å². The minimum Gasteiger partial charge on any atom is -0.383 e. The van der Waals surface area contributed by atoms with Crippen molar-refractivity contribution >= 4 is 25.6 Å². The van der Waals surface area contributed by atoms with Gasteiger partial charge < -0.3 is 10.1 Å². The highest BCUT2D eigenvalue weighted by Crippen LogP contribution is 2.35. The Bertz CT molecular complexity index is 706. The van der Waals surface area contributed by atoms with E-state index in [1.165, 1.54) is 6.33 Å². The maximum Gasteiger partial charge on any atom is 0.149 e. The summed E-state index contributed by atoms with van der Waals surface area (Å²) in [5.41, 5.74) is 9.22. The normalized spacial score (nSPS) is 11.6. The van der Waals surface area contributed by atoms with Gasteiger partial charge in [0, 0.05) is 11.8 Å². The van der Waals surface area contributed by atoms with E-state index in [0.717, 1.165) is 28.3 Å².